The zero-order valence-electron chi connectivity index (χ0n) is 14.1. The molecule has 4 nitrogen and oxygen atoms in total. The Morgan fingerprint density at radius 2 is 1.41 bits per heavy atom. The zero-order valence-corrected chi connectivity index (χ0v) is 16.7. The first-order valence-electron chi connectivity index (χ1n) is 7.27. The first-order valence-corrected chi connectivity index (χ1v) is 9.58. The quantitative estimate of drug-likeness (QED) is 0.435. The van der Waals surface area contributed by atoms with Gasteiger partial charge in [0.15, 0.2) is 28.2 Å². The number of carbonyl (C=O) groups excluding carboxylic acids is 1. The summed E-state index contributed by atoms with van der Waals surface area (Å²) in [4.78, 5) is 9.83. The molecule has 0 heterocycles. The average molecular weight is 446 g/mol. The molecule has 0 atom stereocenters. The summed E-state index contributed by atoms with van der Waals surface area (Å²) in [5.74, 6) is -10.3. The number of benzene rings is 2. The molecule has 2 rings (SSSR count). The lowest BCUT2D eigenvalue weighted by Gasteiger charge is -2.10. The first-order chi connectivity index (χ1) is 12.1. The van der Waals surface area contributed by atoms with E-state index >= 15 is 0 Å². The van der Waals surface area contributed by atoms with Gasteiger partial charge >= 0.3 is 0 Å². The molecule has 11 heteroatoms. The fourth-order valence-corrected chi connectivity index (χ4v) is 2.91. The summed E-state index contributed by atoms with van der Waals surface area (Å²) in [6, 6.07) is 8.17. The van der Waals surface area contributed by atoms with Crippen LogP contribution in [0, 0.1) is 23.3 Å². The number of rotatable bonds is 4. The van der Waals surface area contributed by atoms with Gasteiger partial charge in [0.05, 0.1) is 0 Å². The van der Waals surface area contributed by atoms with Crippen LogP contribution in [0.2, 0.25) is 0 Å². The zero-order chi connectivity index (χ0) is 20.1. The molecule has 0 saturated carbocycles. The van der Waals surface area contributed by atoms with Gasteiger partial charge in [0.2, 0.25) is 0 Å². The molecule has 0 aliphatic heterocycles. The van der Waals surface area contributed by atoms with Crippen molar-refractivity contribution < 1.29 is 30.8 Å². The Labute approximate surface area is 165 Å². The molecule has 1 amide bonds. The summed E-state index contributed by atoms with van der Waals surface area (Å²) in [6.07, 6.45) is 0. The fourth-order valence-electron chi connectivity index (χ4n) is 1.89. The smallest absolute Gasteiger partial charge is 0.267 e. The largest absolute Gasteiger partial charge is 0.348 e. The van der Waals surface area contributed by atoms with Crippen molar-refractivity contribution in [2.75, 3.05) is 0 Å². The van der Waals surface area contributed by atoms with Crippen molar-refractivity contribution in [3.63, 3.8) is 0 Å². The molecule has 0 radical (unpaired) electrons. The highest BCUT2D eigenvalue weighted by Gasteiger charge is 2.34. The average Bonchev–Trinajstić information content (AvgIpc) is 2.60. The van der Waals surface area contributed by atoms with E-state index in [1.807, 2.05) is 13.8 Å². The Morgan fingerprint density at radius 1 is 0.963 bits per heavy atom. The van der Waals surface area contributed by atoms with Crippen LogP contribution in [0.3, 0.4) is 0 Å². The van der Waals surface area contributed by atoms with Crippen molar-refractivity contribution in [1.29, 1.82) is 0 Å². The molecule has 0 fully saturated rings. The molecular weight excluding hydrogens is 430 g/mol. The van der Waals surface area contributed by atoms with Crippen LogP contribution in [0.15, 0.2) is 35.2 Å². The SMILES string of the molecule is CC.O=C(NCc1ccccc1)c1c(F)c(F)c(S(=O)(=O)Cl)c(F)c1F.S. The monoisotopic (exact) mass is 445 g/mol. The molecule has 2 aromatic carbocycles. The van der Waals surface area contributed by atoms with Crippen molar-refractivity contribution >= 4 is 39.1 Å². The van der Waals surface area contributed by atoms with E-state index in [0.717, 1.165) is 0 Å². The van der Waals surface area contributed by atoms with Gasteiger partial charge in [0.25, 0.3) is 15.0 Å². The van der Waals surface area contributed by atoms with Crippen LogP contribution in [0.1, 0.15) is 29.8 Å². The van der Waals surface area contributed by atoms with E-state index in [1.165, 1.54) is 0 Å². The molecule has 150 valence electrons. The standard InChI is InChI=1S/C14H8ClF4NO3S.C2H6.H2S/c15-24(22,23)13-11(18)9(16)8(10(17)12(13)19)14(21)20-6-7-4-2-1-3-5-7;1-2;/h1-5H,6H2,(H,20,21);1-2H3;1H2. The van der Waals surface area contributed by atoms with Gasteiger partial charge in [-0.05, 0) is 5.56 Å². The van der Waals surface area contributed by atoms with Gasteiger partial charge in [-0.25, -0.2) is 26.0 Å². The number of carbonyl (C=O) groups is 1. The molecule has 1 N–H and O–H groups in total. The Hall–Kier alpha value is -1.78. The first kappa shape index (κ1) is 25.2. The molecule has 0 unspecified atom stereocenters. The third-order valence-corrected chi connectivity index (χ3v) is 4.30. The minimum Gasteiger partial charge on any atom is -0.348 e. The summed E-state index contributed by atoms with van der Waals surface area (Å²) in [7, 11) is -0.352. The van der Waals surface area contributed by atoms with E-state index in [0.29, 0.717) is 5.56 Å². The number of halogens is 5. The number of amides is 1. The second kappa shape index (κ2) is 10.5. The molecule has 0 aromatic heterocycles. The summed E-state index contributed by atoms with van der Waals surface area (Å²) >= 11 is 0. The van der Waals surface area contributed by atoms with Crippen LogP contribution in [0.25, 0.3) is 0 Å². The van der Waals surface area contributed by atoms with Gasteiger partial charge in [-0.3, -0.25) is 4.79 Å². The van der Waals surface area contributed by atoms with Gasteiger partial charge in [0, 0.05) is 17.2 Å². The van der Waals surface area contributed by atoms with Crippen molar-refractivity contribution in [2.24, 2.45) is 0 Å². The Morgan fingerprint density at radius 3 is 1.81 bits per heavy atom. The highest BCUT2D eigenvalue weighted by Crippen LogP contribution is 2.29. The molecule has 0 aliphatic rings. The Balaban J connectivity index is 0.00000218. The van der Waals surface area contributed by atoms with E-state index in [9.17, 15) is 30.8 Å². The second-order valence-electron chi connectivity index (χ2n) is 4.57. The van der Waals surface area contributed by atoms with E-state index < -0.39 is 48.7 Å². The molecule has 0 bridgehead atoms. The molecule has 0 saturated heterocycles. The van der Waals surface area contributed by atoms with Crippen LogP contribution in [-0.2, 0) is 15.6 Å². The number of hydrogen-bond donors (Lipinski definition) is 1. The summed E-state index contributed by atoms with van der Waals surface area (Å²) in [5.41, 5.74) is -1.02. The van der Waals surface area contributed by atoms with Gasteiger partial charge in [-0.15, -0.1) is 0 Å². The topological polar surface area (TPSA) is 63.2 Å². The van der Waals surface area contributed by atoms with E-state index in [2.05, 4.69) is 5.32 Å². The lowest BCUT2D eigenvalue weighted by Crippen LogP contribution is -2.27. The van der Waals surface area contributed by atoms with Crippen molar-refractivity contribution in [1.82, 2.24) is 5.32 Å². The van der Waals surface area contributed by atoms with Gasteiger partial charge < -0.3 is 5.32 Å². The number of hydrogen-bond acceptors (Lipinski definition) is 3. The van der Waals surface area contributed by atoms with Crippen LogP contribution in [-0.4, -0.2) is 14.3 Å². The molecular formula is C16H16ClF4NO3S2. The van der Waals surface area contributed by atoms with E-state index in [-0.39, 0.29) is 20.0 Å². The third kappa shape index (κ3) is 5.85. The maximum absolute atomic E-state index is 13.8. The second-order valence-corrected chi connectivity index (χ2v) is 7.07. The van der Waals surface area contributed by atoms with Crippen LogP contribution in [0.4, 0.5) is 17.6 Å². The predicted molar refractivity (Wildman–Crippen MR) is 98.7 cm³/mol. The molecule has 2 aromatic rings. The third-order valence-electron chi connectivity index (χ3n) is 2.99. The number of nitrogens with one attached hydrogen (secondary N) is 1. The summed E-state index contributed by atoms with van der Waals surface area (Å²) in [6.45, 7) is 3.83. The molecule has 27 heavy (non-hydrogen) atoms. The predicted octanol–water partition coefficient (Wildman–Crippen LogP) is 4.24. The Bertz CT molecular complexity index is 881. The molecule has 0 spiro atoms. The van der Waals surface area contributed by atoms with Gasteiger partial charge in [0.1, 0.15) is 5.56 Å². The Kier molecular flexibility index (Phi) is 9.83. The maximum Gasteiger partial charge on any atom is 0.267 e. The highest BCUT2D eigenvalue weighted by molar-refractivity contribution is 8.13. The van der Waals surface area contributed by atoms with Crippen LogP contribution < -0.4 is 5.32 Å². The maximum atomic E-state index is 13.8. The minimum atomic E-state index is -5.10. The van der Waals surface area contributed by atoms with Crippen LogP contribution in [0.5, 0.6) is 0 Å². The summed E-state index contributed by atoms with van der Waals surface area (Å²) in [5, 5.41) is 2.07. The molecule has 0 aliphatic carbocycles. The highest BCUT2D eigenvalue weighted by atomic mass is 35.7. The van der Waals surface area contributed by atoms with E-state index in [4.69, 9.17) is 10.7 Å². The van der Waals surface area contributed by atoms with Gasteiger partial charge in [-0.2, -0.15) is 13.5 Å². The van der Waals surface area contributed by atoms with Crippen LogP contribution >= 0.6 is 24.2 Å². The van der Waals surface area contributed by atoms with Crippen molar-refractivity contribution in [2.45, 2.75) is 25.3 Å². The van der Waals surface area contributed by atoms with Gasteiger partial charge in [-0.1, -0.05) is 44.2 Å². The normalized spacial score (nSPS) is 10.3. The van der Waals surface area contributed by atoms with Crippen molar-refractivity contribution in [3.05, 3.63) is 64.7 Å². The van der Waals surface area contributed by atoms with Crippen molar-refractivity contribution in [3.8, 4) is 0 Å². The fraction of sp³-hybridized carbons (Fsp3) is 0.188. The van der Waals surface area contributed by atoms with E-state index in [1.54, 1.807) is 30.3 Å². The lowest BCUT2D eigenvalue weighted by molar-refractivity contribution is 0.0939. The summed E-state index contributed by atoms with van der Waals surface area (Å²) < 4.78 is 77.1. The minimum absolute atomic E-state index is 0. The lowest BCUT2D eigenvalue weighted by atomic mass is 10.1.